The molecule has 1 heterocycles. The summed E-state index contributed by atoms with van der Waals surface area (Å²) in [4.78, 5) is 0. The SMILES string of the molecule is Cc1ccccc2[c]([Ti+2]3([c]4ccc5c(C)ccccc4-5)[CH2][CH2]3)ccc1-2.[Cl-].[Cl-]. The fourth-order valence-corrected chi connectivity index (χ4v) is 12.2. The summed E-state index contributed by atoms with van der Waals surface area (Å²) in [6, 6.07) is 27.6. The molecule has 1 aliphatic heterocycles. The molecule has 3 heteroatoms. The monoisotopic (exact) mass is 428 g/mol. The molecule has 1 fully saturated rings. The molecule has 4 aliphatic carbocycles. The second-order valence-corrected chi connectivity index (χ2v) is 14.2. The molecule has 0 aromatic heterocycles. The van der Waals surface area contributed by atoms with Crippen LogP contribution >= 0.6 is 0 Å². The summed E-state index contributed by atoms with van der Waals surface area (Å²) in [6.45, 7) is 4.47. The van der Waals surface area contributed by atoms with Crippen molar-refractivity contribution in [2.45, 2.75) is 23.3 Å². The van der Waals surface area contributed by atoms with E-state index in [2.05, 4.69) is 86.6 Å². The van der Waals surface area contributed by atoms with Gasteiger partial charge in [0.2, 0.25) is 0 Å². The zero-order valence-corrected chi connectivity index (χ0v) is 18.7. The predicted octanol–water partition coefficient (Wildman–Crippen LogP) is -0.524. The van der Waals surface area contributed by atoms with E-state index in [9.17, 15) is 0 Å². The quantitative estimate of drug-likeness (QED) is 0.377. The van der Waals surface area contributed by atoms with Gasteiger partial charge in [0.15, 0.2) is 0 Å². The molecule has 0 nitrogen and oxygen atoms in total. The average molecular weight is 429 g/mol. The normalized spacial score (nSPS) is 13.3. The van der Waals surface area contributed by atoms with Crippen molar-refractivity contribution in [3.63, 3.8) is 0 Å². The van der Waals surface area contributed by atoms with E-state index in [1.807, 2.05) is 0 Å². The van der Waals surface area contributed by atoms with E-state index in [4.69, 9.17) is 0 Å². The second-order valence-electron chi connectivity index (χ2n) is 7.53. The first kappa shape index (κ1) is 20.4. The van der Waals surface area contributed by atoms with E-state index in [1.165, 1.54) is 42.8 Å². The van der Waals surface area contributed by atoms with Gasteiger partial charge in [-0.1, -0.05) is 0 Å². The maximum atomic E-state index is 2.46. The number of hydrogen-bond acceptors (Lipinski definition) is 0. The van der Waals surface area contributed by atoms with Crippen LogP contribution in [0.15, 0.2) is 72.8 Å². The van der Waals surface area contributed by atoms with Gasteiger partial charge in [-0.15, -0.1) is 0 Å². The molecule has 0 saturated carbocycles. The van der Waals surface area contributed by atoms with Crippen molar-refractivity contribution in [1.82, 2.24) is 0 Å². The molecular formula is C24H22Cl2Ti. The Bertz CT molecular complexity index is 956. The third kappa shape index (κ3) is 3.13. The number of hydrogen-bond donors (Lipinski definition) is 0. The molecule has 0 N–H and O–H groups in total. The van der Waals surface area contributed by atoms with Gasteiger partial charge in [-0.2, -0.15) is 0 Å². The molecule has 0 amide bonds. The third-order valence-electron chi connectivity index (χ3n) is 6.07. The van der Waals surface area contributed by atoms with Crippen LogP contribution in [-0.2, 0) is 16.6 Å². The molecule has 5 aliphatic rings. The fourth-order valence-electron chi connectivity index (χ4n) is 4.56. The van der Waals surface area contributed by atoms with Crippen LogP contribution in [0, 0.1) is 13.8 Å². The molecule has 0 bridgehead atoms. The number of aryl methyl sites for hydroxylation is 2. The first-order valence-corrected chi connectivity index (χ1v) is 13.0. The van der Waals surface area contributed by atoms with Crippen molar-refractivity contribution in [2.75, 3.05) is 0 Å². The summed E-state index contributed by atoms with van der Waals surface area (Å²) in [5.74, 6) is 0. The van der Waals surface area contributed by atoms with Crippen molar-refractivity contribution in [3.8, 4) is 22.3 Å². The van der Waals surface area contributed by atoms with Gasteiger partial charge in [-0.25, -0.2) is 0 Å². The Balaban J connectivity index is 0.00000105. The Labute approximate surface area is 177 Å². The van der Waals surface area contributed by atoms with Crippen LogP contribution in [0.2, 0.25) is 9.45 Å². The summed E-state index contributed by atoms with van der Waals surface area (Å²) in [5, 5.41) is 0. The molecular weight excluding hydrogens is 407 g/mol. The van der Waals surface area contributed by atoms with Gasteiger partial charge >= 0.3 is 154 Å². The topological polar surface area (TPSA) is 0 Å². The number of fused-ring (bicyclic) bond motifs is 2. The molecule has 0 aromatic carbocycles. The van der Waals surface area contributed by atoms with E-state index in [0.29, 0.717) is 0 Å². The first-order valence-electron chi connectivity index (χ1n) is 9.18. The Kier molecular flexibility index (Phi) is 5.75. The molecule has 0 radical (unpaired) electrons. The molecule has 0 atom stereocenters. The molecule has 27 heavy (non-hydrogen) atoms. The zero-order chi connectivity index (χ0) is 17.0. The minimum atomic E-state index is -2.16. The molecule has 136 valence electrons. The molecule has 0 aromatic rings. The van der Waals surface area contributed by atoms with Crippen LogP contribution in [0.1, 0.15) is 11.1 Å². The van der Waals surface area contributed by atoms with Crippen molar-refractivity contribution in [1.29, 1.82) is 0 Å². The fraction of sp³-hybridized carbons (Fsp3) is 0.167. The van der Waals surface area contributed by atoms with Crippen molar-refractivity contribution in [2.24, 2.45) is 0 Å². The van der Waals surface area contributed by atoms with Crippen LogP contribution in [0.25, 0.3) is 22.3 Å². The standard InChI is InChI=1S/2C11H9.C2H4.2ClH.Ti/c2*1-9-5-2-3-6-10-7-4-8-11(9)10;1-2;;;/h2*2-6,8H,1H3;1-2H2;2*1H;/q;;;;;+2/p-2. The predicted molar refractivity (Wildman–Crippen MR) is 104 cm³/mol. The summed E-state index contributed by atoms with van der Waals surface area (Å²) < 4.78 is 6.28. The van der Waals surface area contributed by atoms with E-state index >= 15 is 0 Å². The molecule has 0 spiro atoms. The van der Waals surface area contributed by atoms with Gasteiger partial charge in [-0.3, -0.25) is 0 Å². The number of halogens is 2. The van der Waals surface area contributed by atoms with Crippen molar-refractivity contribution < 1.29 is 41.4 Å². The van der Waals surface area contributed by atoms with Crippen LogP contribution in [0.3, 0.4) is 0 Å². The Morgan fingerprint density at radius 2 is 0.926 bits per heavy atom. The van der Waals surface area contributed by atoms with E-state index in [-0.39, 0.29) is 24.8 Å². The first-order chi connectivity index (χ1) is 12.2. The summed E-state index contributed by atoms with van der Waals surface area (Å²) >= 11 is -2.16. The van der Waals surface area contributed by atoms with Gasteiger partial charge in [0.05, 0.1) is 0 Å². The summed E-state index contributed by atoms with van der Waals surface area (Å²) in [5.41, 5.74) is 8.67. The van der Waals surface area contributed by atoms with Gasteiger partial charge in [0, 0.05) is 0 Å². The van der Waals surface area contributed by atoms with Gasteiger partial charge in [0.25, 0.3) is 0 Å². The van der Waals surface area contributed by atoms with E-state index < -0.39 is 16.6 Å². The van der Waals surface area contributed by atoms with Crippen molar-refractivity contribution in [3.05, 3.63) is 83.9 Å². The van der Waals surface area contributed by atoms with Gasteiger partial charge in [-0.05, 0) is 0 Å². The van der Waals surface area contributed by atoms with Crippen LogP contribution in [0.4, 0.5) is 0 Å². The minimum Gasteiger partial charge on any atom is -1.00 e. The average Bonchev–Trinajstić information content (AvgIpc) is 3.23. The molecule has 5 rings (SSSR count). The number of rotatable bonds is 2. The molecule has 0 unspecified atom stereocenters. The van der Waals surface area contributed by atoms with Crippen molar-refractivity contribution >= 4 is 7.74 Å². The largest absolute Gasteiger partial charge is 1.00 e. The third-order valence-corrected chi connectivity index (χ3v) is 13.0. The Morgan fingerprint density at radius 1 is 0.519 bits per heavy atom. The van der Waals surface area contributed by atoms with Gasteiger partial charge in [0.1, 0.15) is 0 Å². The Morgan fingerprint density at radius 3 is 1.33 bits per heavy atom. The maximum Gasteiger partial charge on any atom is -1.00 e. The van der Waals surface area contributed by atoms with Gasteiger partial charge < -0.3 is 24.8 Å². The zero-order valence-electron chi connectivity index (χ0n) is 15.6. The Hall–Kier alpha value is -1.31. The van der Waals surface area contributed by atoms with Crippen LogP contribution in [-0.4, -0.2) is 0 Å². The second kappa shape index (κ2) is 7.61. The van der Waals surface area contributed by atoms with Crippen LogP contribution in [0.5, 0.6) is 0 Å². The van der Waals surface area contributed by atoms with E-state index in [1.54, 1.807) is 7.74 Å². The molecule has 1 saturated heterocycles. The minimum absolute atomic E-state index is 0. The summed E-state index contributed by atoms with van der Waals surface area (Å²) in [7, 11) is 0. The maximum absolute atomic E-state index is 2.46. The van der Waals surface area contributed by atoms with E-state index in [0.717, 1.165) is 0 Å². The summed E-state index contributed by atoms with van der Waals surface area (Å²) in [6.07, 6.45) is 0. The van der Waals surface area contributed by atoms with Crippen LogP contribution < -0.4 is 32.6 Å². The smallest absolute Gasteiger partial charge is 1.00 e.